The zero-order chi connectivity index (χ0) is 15.9. The molecule has 0 heterocycles. The van der Waals surface area contributed by atoms with E-state index in [0.29, 0.717) is 0 Å². The topological polar surface area (TPSA) is 20.2 Å². The average Bonchev–Trinajstić information content (AvgIpc) is 2.37. The van der Waals surface area contributed by atoms with Crippen LogP contribution in [0.1, 0.15) is 66.7 Å². The van der Waals surface area contributed by atoms with Crippen molar-refractivity contribution in [2.24, 2.45) is 5.92 Å². The summed E-state index contributed by atoms with van der Waals surface area (Å²) in [5.41, 5.74) is 3.40. The molecule has 0 saturated carbocycles. The van der Waals surface area contributed by atoms with Crippen molar-refractivity contribution in [2.45, 2.75) is 72.3 Å². The van der Waals surface area contributed by atoms with Gasteiger partial charge < -0.3 is 5.11 Å². The Labute approximate surface area is 131 Å². The largest absolute Gasteiger partial charge is 0.386 e. The molecule has 0 saturated heterocycles. The molecule has 0 aliphatic heterocycles. The number of aliphatic hydroxyl groups is 1. The van der Waals surface area contributed by atoms with Crippen molar-refractivity contribution in [3.63, 3.8) is 0 Å². The van der Waals surface area contributed by atoms with E-state index in [1.165, 1.54) is 16.7 Å². The van der Waals surface area contributed by atoms with Gasteiger partial charge in [-0.2, -0.15) is 0 Å². The maximum absolute atomic E-state index is 10.8. The number of hydrogen-bond acceptors (Lipinski definition) is 1. The highest BCUT2D eigenvalue weighted by Crippen LogP contribution is 2.30. The van der Waals surface area contributed by atoms with E-state index in [4.69, 9.17) is 0 Å². The maximum Gasteiger partial charge on any atom is 0.0833 e. The molecule has 1 N–H and O–H groups in total. The van der Waals surface area contributed by atoms with Crippen LogP contribution in [0.4, 0.5) is 0 Å². The number of hydrogen-bond donors (Lipinski definition) is 1. The van der Waals surface area contributed by atoms with Gasteiger partial charge in [-0.25, -0.2) is 0 Å². The van der Waals surface area contributed by atoms with Gasteiger partial charge in [0.1, 0.15) is 0 Å². The molecular weight excluding hydrogens is 256 g/mol. The summed E-state index contributed by atoms with van der Waals surface area (Å²) in [7, 11) is 0. The van der Waals surface area contributed by atoms with Crippen LogP contribution in [0.15, 0.2) is 47.1 Å². The van der Waals surface area contributed by atoms with E-state index < -0.39 is 5.60 Å². The number of rotatable bonds is 3. The Morgan fingerprint density at radius 2 is 1.86 bits per heavy atom. The van der Waals surface area contributed by atoms with Gasteiger partial charge in [0.2, 0.25) is 0 Å². The first-order valence-corrected chi connectivity index (χ1v) is 8.17. The normalized spacial score (nSPS) is 29.0. The Bertz CT molecular complexity index is 442. The molecule has 118 valence electrons. The van der Waals surface area contributed by atoms with Gasteiger partial charge in [0, 0.05) is 0 Å². The average molecular weight is 288 g/mol. The van der Waals surface area contributed by atoms with Gasteiger partial charge in [0.25, 0.3) is 0 Å². The summed E-state index contributed by atoms with van der Waals surface area (Å²) >= 11 is 0. The predicted octanol–water partition coefficient (Wildman–Crippen LogP) is 5.73. The second-order valence-electron chi connectivity index (χ2n) is 6.94. The molecule has 1 nitrogen and oxygen atoms in total. The summed E-state index contributed by atoms with van der Waals surface area (Å²) in [6, 6.07) is 0. The van der Waals surface area contributed by atoms with Crippen molar-refractivity contribution in [2.75, 3.05) is 0 Å². The molecular formula is C20H32O. The van der Waals surface area contributed by atoms with Crippen molar-refractivity contribution < 1.29 is 5.11 Å². The van der Waals surface area contributed by atoms with Crippen LogP contribution in [-0.2, 0) is 0 Å². The van der Waals surface area contributed by atoms with Crippen molar-refractivity contribution in [1.82, 2.24) is 0 Å². The van der Waals surface area contributed by atoms with Gasteiger partial charge in [0.15, 0.2) is 0 Å². The number of allylic oxidation sites excluding steroid dienone is 7. The fraction of sp³-hybridized carbons (Fsp3) is 0.600. The summed E-state index contributed by atoms with van der Waals surface area (Å²) in [6.45, 7) is 10.5. The van der Waals surface area contributed by atoms with E-state index in [-0.39, 0.29) is 5.92 Å². The molecule has 0 bridgehead atoms. The molecule has 0 aromatic rings. The first-order chi connectivity index (χ1) is 9.81. The summed E-state index contributed by atoms with van der Waals surface area (Å²) in [4.78, 5) is 0. The van der Waals surface area contributed by atoms with E-state index in [0.717, 1.165) is 32.1 Å². The van der Waals surface area contributed by atoms with Crippen LogP contribution in [0, 0.1) is 5.92 Å². The smallest absolute Gasteiger partial charge is 0.0833 e. The Balaban J connectivity index is 2.87. The van der Waals surface area contributed by atoms with Gasteiger partial charge in [-0.3, -0.25) is 0 Å². The molecule has 1 aliphatic rings. The fourth-order valence-electron chi connectivity index (χ4n) is 2.72. The lowest BCUT2D eigenvalue weighted by Crippen LogP contribution is -2.32. The minimum atomic E-state index is -0.748. The summed E-state index contributed by atoms with van der Waals surface area (Å²) in [5.74, 6) is 0.274. The lowest BCUT2D eigenvalue weighted by molar-refractivity contribution is 0.0430. The van der Waals surface area contributed by atoms with E-state index in [2.05, 4.69) is 45.9 Å². The summed E-state index contributed by atoms with van der Waals surface area (Å²) in [5, 5.41) is 10.8. The second-order valence-corrected chi connectivity index (χ2v) is 6.94. The lowest BCUT2D eigenvalue weighted by Gasteiger charge is -2.30. The first kappa shape index (κ1) is 18.0. The van der Waals surface area contributed by atoms with Gasteiger partial charge in [0.05, 0.1) is 5.60 Å². The van der Waals surface area contributed by atoms with Crippen LogP contribution < -0.4 is 0 Å². The Morgan fingerprint density at radius 1 is 1.19 bits per heavy atom. The third kappa shape index (κ3) is 6.95. The second kappa shape index (κ2) is 8.38. The molecule has 0 aromatic heterocycles. The van der Waals surface area contributed by atoms with Crippen molar-refractivity contribution >= 4 is 0 Å². The monoisotopic (exact) mass is 288 g/mol. The molecule has 2 unspecified atom stereocenters. The predicted molar refractivity (Wildman–Crippen MR) is 93.3 cm³/mol. The SMILES string of the molecule is CC(C)=C/C=C/C(C)(O)C1C/C=C(\C)CC/C=C(\C)CC1. The van der Waals surface area contributed by atoms with Crippen LogP contribution in [-0.4, -0.2) is 10.7 Å². The minimum absolute atomic E-state index is 0.274. The first-order valence-electron chi connectivity index (χ1n) is 8.17. The Kier molecular flexibility index (Phi) is 7.17. The quantitative estimate of drug-likeness (QED) is 0.519. The highest BCUT2D eigenvalue weighted by Gasteiger charge is 2.28. The van der Waals surface area contributed by atoms with E-state index in [1.807, 2.05) is 19.1 Å². The van der Waals surface area contributed by atoms with E-state index >= 15 is 0 Å². The Morgan fingerprint density at radius 3 is 2.52 bits per heavy atom. The molecule has 2 atom stereocenters. The van der Waals surface area contributed by atoms with E-state index in [1.54, 1.807) is 0 Å². The van der Waals surface area contributed by atoms with Gasteiger partial charge in [-0.15, -0.1) is 0 Å². The van der Waals surface area contributed by atoms with Crippen LogP contribution in [0.25, 0.3) is 0 Å². The highest BCUT2D eigenvalue weighted by atomic mass is 16.3. The van der Waals surface area contributed by atoms with Crippen molar-refractivity contribution in [3.8, 4) is 0 Å². The maximum atomic E-state index is 10.8. The molecule has 0 aromatic carbocycles. The van der Waals surface area contributed by atoms with Crippen LogP contribution in [0.2, 0.25) is 0 Å². The summed E-state index contributed by atoms with van der Waals surface area (Å²) in [6.07, 6.45) is 16.1. The standard InChI is InChI=1S/C20H32O/c1-16(2)8-7-15-20(5,21)19-13-11-17(3)9-6-10-18(4)12-14-19/h7-9,12,15,19,21H,6,10-11,13-14H2,1-5H3/b15-7+,17-9+,18-12+. The minimum Gasteiger partial charge on any atom is -0.386 e. The van der Waals surface area contributed by atoms with Crippen molar-refractivity contribution in [1.29, 1.82) is 0 Å². The highest BCUT2D eigenvalue weighted by molar-refractivity contribution is 5.15. The molecule has 0 amide bonds. The van der Waals surface area contributed by atoms with E-state index in [9.17, 15) is 5.11 Å². The zero-order valence-electron chi connectivity index (χ0n) is 14.4. The molecule has 1 rings (SSSR count). The van der Waals surface area contributed by atoms with Gasteiger partial charge in [-0.1, -0.05) is 47.1 Å². The zero-order valence-corrected chi connectivity index (χ0v) is 14.4. The van der Waals surface area contributed by atoms with Crippen molar-refractivity contribution in [3.05, 3.63) is 47.1 Å². The van der Waals surface area contributed by atoms with Crippen LogP contribution in [0.5, 0.6) is 0 Å². The molecule has 1 heteroatoms. The third-order valence-electron chi connectivity index (χ3n) is 4.36. The molecule has 1 aliphatic carbocycles. The van der Waals surface area contributed by atoms with Crippen LogP contribution in [0.3, 0.4) is 0 Å². The third-order valence-corrected chi connectivity index (χ3v) is 4.36. The molecule has 21 heavy (non-hydrogen) atoms. The molecule has 0 fully saturated rings. The molecule has 0 spiro atoms. The van der Waals surface area contributed by atoms with Gasteiger partial charge in [-0.05, 0) is 72.6 Å². The summed E-state index contributed by atoms with van der Waals surface area (Å²) < 4.78 is 0. The van der Waals surface area contributed by atoms with Crippen LogP contribution >= 0.6 is 0 Å². The fourth-order valence-corrected chi connectivity index (χ4v) is 2.72. The lowest BCUT2D eigenvalue weighted by atomic mass is 9.81. The Hall–Kier alpha value is -1.08. The van der Waals surface area contributed by atoms with Gasteiger partial charge >= 0.3 is 0 Å². The molecule has 0 radical (unpaired) electrons.